The molecule has 15 heteroatoms. The Morgan fingerprint density at radius 1 is 0.929 bits per heavy atom. The van der Waals surface area contributed by atoms with Crippen LogP contribution < -0.4 is 24.3 Å². The summed E-state index contributed by atoms with van der Waals surface area (Å²) >= 11 is 0. The Kier molecular flexibility index (Phi) is 8.68. The summed E-state index contributed by atoms with van der Waals surface area (Å²) in [7, 11) is 2.82. The molecule has 42 heavy (non-hydrogen) atoms. The zero-order chi connectivity index (χ0) is 30.7. The normalized spacial score (nSPS) is 11.8. The molecule has 0 bridgehead atoms. The molecule has 0 unspecified atom stereocenters. The Bertz CT molecular complexity index is 1590. The molecule has 2 heterocycles. The summed E-state index contributed by atoms with van der Waals surface area (Å²) < 4.78 is 103. The summed E-state index contributed by atoms with van der Waals surface area (Å²) in [5.74, 6) is -1.41. The van der Waals surface area contributed by atoms with Gasteiger partial charge in [0.25, 0.3) is 5.91 Å². The largest absolute Gasteiger partial charge is 0.493 e. The van der Waals surface area contributed by atoms with Gasteiger partial charge in [-0.15, -0.1) is 0 Å². The molecule has 2 aromatic heterocycles. The van der Waals surface area contributed by atoms with Crippen LogP contribution in [0.5, 0.6) is 28.7 Å². The van der Waals surface area contributed by atoms with Gasteiger partial charge in [0.15, 0.2) is 29.5 Å². The van der Waals surface area contributed by atoms with Crippen molar-refractivity contribution in [3.05, 3.63) is 60.0 Å². The van der Waals surface area contributed by atoms with E-state index in [9.17, 15) is 31.1 Å². The van der Waals surface area contributed by atoms with E-state index < -0.39 is 47.6 Å². The number of hydrogen-bond donors (Lipinski definition) is 1. The molecule has 0 saturated heterocycles. The average Bonchev–Trinajstić information content (AvgIpc) is 3.34. The van der Waals surface area contributed by atoms with Gasteiger partial charge in [-0.05, 0) is 36.8 Å². The van der Waals surface area contributed by atoms with Crippen LogP contribution in [0.2, 0.25) is 0 Å². The first-order valence-corrected chi connectivity index (χ1v) is 12.3. The number of ether oxygens (including phenoxy) is 4. The predicted molar refractivity (Wildman–Crippen MR) is 138 cm³/mol. The van der Waals surface area contributed by atoms with Crippen LogP contribution in [0.3, 0.4) is 0 Å². The first-order chi connectivity index (χ1) is 19.8. The maximum Gasteiger partial charge on any atom is 0.422 e. The van der Waals surface area contributed by atoms with Gasteiger partial charge < -0.3 is 24.3 Å². The van der Waals surface area contributed by atoms with Gasteiger partial charge in [0.1, 0.15) is 17.1 Å². The minimum absolute atomic E-state index is 0.0381. The Hall–Kier alpha value is -4.69. The molecule has 0 aliphatic carbocycles. The number of rotatable bonds is 10. The molecule has 224 valence electrons. The average molecular weight is 599 g/mol. The van der Waals surface area contributed by atoms with Gasteiger partial charge in [-0.25, -0.2) is 0 Å². The number of amides is 1. The molecule has 0 atom stereocenters. The van der Waals surface area contributed by atoms with E-state index in [2.05, 4.69) is 15.4 Å². The van der Waals surface area contributed by atoms with E-state index in [0.29, 0.717) is 34.9 Å². The van der Waals surface area contributed by atoms with E-state index >= 15 is 0 Å². The number of carbonyl (C=O) groups excluding carboxylic acids is 1. The Balaban J connectivity index is 1.65. The predicted octanol–water partition coefficient (Wildman–Crippen LogP) is 6.86. The van der Waals surface area contributed by atoms with E-state index in [-0.39, 0.29) is 18.0 Å². The van der Waals surface area contributed by atoms with Crippen molar-refractivity contribution in [3.8, 4) is 28.7 Å². The first kappa shape index (κ1) is 30.3. The van der Waals surface area contributed by atoms with Gasteiger partial charge >= 0.3 is 12.4 Å². The number of carbonyl (C=O) groups is 1. The highest BCUT2D eigenvalue weighted by Gasteiger charge is 2.36. The second kappa shape index (κ2) is 12.0. The van der Waals surface area contributed by atoms with Crippen LogP contribution in [0.25, 0.3) is 10.9 Å². The van der Waals surface area contributed by atoms with Gasteiger partial charge in [0, 0.05) is 29.9 Å². The molecule has 0 aliphatic heterocycles. The third-order valence-electron chi connectivity index (χ3n) is 5.76. The van der Waals surface area contributed by atoms with Crippen LogP contribution in [0, 0.1) is 0 Å². The highest BCUT2D eigenvalue weighted by molar-refractivity contribution is 6.04. The fourth-order valence-corrected chi connectivity index (χ4v) is 3.93. The molecule has 1 N–H and O–H groups in total. The standard InChI is InChI=1S/C27H24F6N4O5/c1-4-9-37-13-23(41-14-26(28,29)30)24(36-37)25(38)35-15-5-6-20(17(10-15)27(31,32)33)42-19-7-8-34-18-12-22(40-3)21(39-2)11-16(18)19/h5-8,10-13H,4,9,14H2,1-3H3,(H,35,38). The minimum Gasteiger partial charge on any atom is -0.493 e. The van der Waals surface area contributed by atoms with E-state index in [1.165, 1.54) is 37.2 Å². The smallest absolute Gasteiger partial charge is 0.422 e. The summed E-state index contributed by atoms with van der Waals surface area (Å²) in [5.41, 5.74) is -1.68. The zero-order valence-electron chi connectivity index (χ0n) is 22.4. The van der Waals surface area contributed by atoms with Gasteiger partial charge in [-0.2, -0.15) is 31.4 Å². The van der Waals surface area contributed by atoms with Gasteiger partial charge in [-0.3, -0.25) is 14.5 Å². The SMILES string of the molecule is CCCn1cc(OCC(F)(F)F)c(C(=O)Nc2ccc(Oc3ccnc4cc(OC)c(OC)cc34)c(C(F)(F)F)c2)n1. The van der Waals surface area contributed by atoms with Gasteiger partial charge in [-0.1, -0.05) is 6.92 Å². The van der Waals surface area contributed by atoms with E-state index in [0.717, 1.165) is 18.3 Å². The third-order valence-corrected chi connectivity index (χ3v) is 5.76. The second-order valence-electron chi connectivity index (χ2n) is 8.81. The van der Waals surface area contributed by atoms with Crippen molar-refractivity contribution in [1.29, 1.82) is 0 Å². The number of methoxy groups -OCH3 is 2. The first-order valence-electron chi connectivity index (χ1n) is 12.3. The maximum absolute atomic E-state index is 14.1. The summed E-state index contributed by atoms with van der Waals surface area (Å²) in [4.78, 5) is 17.1. The van der Waals surface area contributed by atoms with E-state index in [1.54, 1.807) is 13.0 Å². The van der Waals surface area contributed by atoms with Gasteiger partial charge in [0.05, 0.1) is 25.9 Å². The zero-order valence-corrected chi connectivity index (χ0v) is 22.4. The molecule has 0 saturated carbocycles. The molecule has 9 nitrogen and oxygen atoms in total. The molecule has 0 spiro atoms. The van der Waals surface area contributed by atoms with Crippen molar-refractivity contribution in [2.45, 2.75) is 32.2 Å². The lowest BCUT2D eigenvalue weighted by Gasteiger charge is -2.17. The fourth-order valence-electron chi connectivity index (χ4n) is 3.93. The fraction of sp³-hybridized carbons (Fsp3) is 0.296. The number of pyridine rings is 1. The number of alkyl halides is 6. The van der Waals surface area contributed by atoms with Crippen LogP contribution in [-0.2, 0) is 12.7 Å². The second-order valence-corrected chi connectivity index (χ2v) is 8.81. The number of halogens is 6. The summed E-state index contributed by atoms with van der Waals surface area (Å²) in [6, 6.07) is 7.21. The third kappa shape index (κ3) is 6.95. The van der Waals surface area contributed by atoms with E-state index in [4.69, 9.17) is 18.9 Å². The van der Waals surface area contributed by atoms with Crippen molar-refractivity contribution in [2.24, 2.45) is 0 Å². The quantitative estimate of drug-likeness (QED) is 0.199. The number of benzene rings is 2. The topological polar surface area (TPSA) is 96.7 Å². The highest BCUT2D eigenvalue weighted by atomic mass is 19.4. The van der Waals surface area contributed by atoms with Crippen LogP contribution in [-0.4, -0.2) is 47.7 Å². The number of fused-ring (bicyclic) bond motifs is 1. The maximum atomic E-state index is 14.1. The number of aromatic nitrogens is 3. The molecule has 0 radical (unpaired) electrons. The number of nitrogens with one attached hydrogen (secondary N) is 1. The number of aryl methyl sites for hydroxylation is 1. The van der Waals surface area contributed by atoms with Crippen molar-refractivity contribution >= 4 is 22.5 Å². The van der Waals surface area contributed by atoms with Crippen molar-refractivity contribution in [3.63, 3.8) is 0 Å². The lowest BCUT2D eigenvalue weighted by atomic mass is 10.1. The van der Waals surface area contributed by atoms with Crippen molar-refractivity contribution in [2.75, 3.05) is 26.1 Å². The van der Waals surface area contributed by atoms with E-state index in [1.807, 2.05) is 0 Å². The van der Waals surface area contributed by atoms with Crippen LogP contribution >= 0.6 is 0 Å². The Morgan fingerprint density at radius 3 is 2.29 bits per heavy atom. The summed E-state index contributed by atoms with van der Waals surface area (Å²) in [6.45, 7) is 0.363. The number of hydrogen-bond acceptors (Lipinski definition) is 7. The van der Waals surface area contributed by atoms with Crippen LogP contribution in [0.1, 0.15) is 29.4 Å². The Labute approximate surface area is 234 Å². The summed E-state index contributed by atoms with van der Waals surface area (Å²) in [5, 5.41) is 6.52. The molecular formula is C27H24F6N4O5. The number of nitrogens with zero attached hydrogens (tertiary/aromatic N) is 3. The van der Waals surface area contributed by atoms with Crippen LogP contribution in [0.15, 0.2) is 48.8 Å². The molecule has 2 aromatic carbocycles. The molecule has 1 amide bonds. The molecule has 0 aliphatic rings. The van der Waals surface area contributed by atoms with Crippen molar-refractivity contribution < 1.29 is 50.1 Å². The highest BCUT2D eigenvalue weighted by Crippen LogP contribution is 2.42. The molecule has 4 rings (SSSR count). The lowest BCUT2D eigenvalue weighted by molar-refractivity contribution is -0.153. The molecule has 4 aromatic rings. The lowest BCUT2D eigenvalue weighted by Crippen LogP contribution is -2.21. The Morgan fingerprint density at radius 2 is 1.64 bits per heavy atom. The molecular weight excluding hydrogens is 574 g/mol. The minimum atomic E-state index is -4.91. The van der Waals surface area contributed by atoms with Crippen LogP contribution in [0.4, 0.5) is 32.0 Å². The molecule has 0 fully saturated rings. The van der Waals surface area contributed by atoms with Gasteiger partial charge in [0.2, 0.25) is 0 Å². The van der Waals surface area contributed by atoms with Crippen molar-refractivity contribution in [1.82, 2.24) is 14.8 Å². The summed E-state index contributed by atoms with van der Waals surface area (Å²) in [6.07, 6.45) is -6.59. The number of anilines is 1. The monoisotopic (exact) mass is 598 g/mol.